The van der Waals surface area contributed by atoms with Gasteiger partial charge in [0.2, 0.25) is 0 Å². The summed E-state index contributed by atoms with van der Waals surface area (Å²) in [7, 11) is -0.739. The Labute approximate surface area is 161 Å². The van der Waals surface area contributed by atoms with Gasteiger partial charge in [0.25, 0.3) is 0 Å². The summed E-state index contributed by atoms with van der Waals surface area (Å²) in [5, 5.41) is 3.09. The van der Waals surface area contributed by atoms with Crippen LogP contribution in [0.1, 0.15) is 20.3 Å². The first-order valence-electron chi connectivity index (χ1n) is 9.22. The van der Waals surface area contributed by atoms with E-state index in [0.717, 1.165) is 24.4 Å². The average Bonchev–Trinajstić information content (AvgIpc) is 2.64. The Balaban J connectivity index is 1.77. The Kier molecular flexibility index (Phi) is 6.46. The molecule has 0 aromatic carbocycles. The monoisotopic (exact) mass is 397 g/mol. The Morgan fingerprint density at radius 1 is 1.41 bits per heavy atom. The molecule has 3 atom stereocenters. The number of halogens is 1. The van der Waals surface area contributed by atoms with E-state index >= 15 is 0 Å². The Morgan fingerprint density at radius 3 is 2.78 bits per heavy atom. The second kappa shape index (κ2) is 8.64. The number of aliphatic imine (C=N–C) groups is 1. The van der Waals surface area contributed by atoms with Crippen LogP contribution in [0.4, 0.5) is 4.39 Å². The summed E-state index contributed by atoms with van der Waals surface area (Å²) in [6, 6.07) is -1.01. The number of allylic oxidation sites excluding steroid dienone is 1. The first-order valence-corrected chi connectivity index (χ1v) is 10.7. The summed E-state index contributed by atoms with van der Waals surface area (Å²) in [4.78, 5) is 6.63. The maximum Gasteiger partial charge on any atom is 0.151 e. The molecule has 2 heterocycles. The van der Waals surface area contributed by atoms with Crippen LogP contribution >= 0.6 is 0 Å². The van der Waals surface area contributed by atoms with Crippen molar-refractivity contribution in [3.05, 3.63) is 35.0 Å². The van der Waals surface area contributed by atoms with E-state index in [4.69, 9.17) is 16.2 Å². The molecule has 0 radical (unpaired) electrons. The molecular formula is C18H28FN5O2S. The van der Waals surface area contributed by atoms with Crippen LogP contribution in [0.2, 0.25) is 0 Å². The van der Waals surface area contributed by atoms with Crippen LogP contribution in [0.3, 0.4) is 0 Å². The van der Waals surface area contributed by atoms with Gasteiger partial charge >= 0.3 is 0 Å². The second-order valence-electron chi connectivity index (χ2n) is 7.21. The first-order chi connectivity index (χ1) is 12.8. The smallest absolute Gasteiger partial charge is 0.151 e. The van der Waals surface area contributed by atoms with Crippen LogP contribution in [-0.4, -0.2) is 64.4 Å². The van der Waals surface area contributed by atoms with Crippen molar-refractivity contribution in [2.45, 2.75) is 44.6 Å². The lowest BCUT2D eigenvalue weighted by Crippen LogP contribution is -2.47. The van der Waals surface area contributed by atoms with Gasteiger partial charge in [-0.3, -0.25) is 14.1 Å². The molecule has 1 fully saturated rings. The van der Waals surface area contributed by atoms with Crippen LogP contribution in [0.15, 0.2) is 40.0 Å². The fourth-order valence-corrected chi connectivity index (χ4v) is 4.43. The molecular weight excluding hydrogens is 369 g/mol. The average molecular weight is 398 g/mol. The van der Waals surface area contributed by atoms with Crippen molar-refractivity contribution < 1.29 is 13.3 Å². The van der Waals surface area contributed by atoms with Crippen LogP contribution in [0, 0.1) is 0 Å². The van der Waals surface area contributed by atoms with Gasteiger partial charge in [-0.05, 0) is 31.6 Å². The molecule has 27 heavy (non-hydrogen) atoms. The van der Waals surface area contributed by atoms with E-state index in [-0.39, 0.29) is 30.3 Å². The highest BCUT2D eigenvalue weighted by Crippen LogP contribution is 2.29. The molecule has 9 heteroatoms. The maximum atomic E-state index is 14.2. The SMILES string of the molecule is CC(C)OC1=C(F)CC(N)C(C(N)C2=CC(N3CCS(=O)CC3)N=CN2)=C1. The van der Waals surface area contributed by atoms with Crippen LogP contribution in [0.25, 0.3) is 0 Å². The number of hydrogen-bond acceptors (Lipinski definition) is 7. The standard InChI is InChI=1S/C18H28FN5O2S/c1-11(2)26-16-7-12(14(20)8-13(16)19)18(21)15-9-17(23-10-22-15)24-3-5-27(25)6-4-24/h7,9-11,14,17-18H,3-6,8,20-21H2,1-2H3,(H,22,23). The summed E-state index contributed by atoms with van der Waals surface area (Å²) in [5.41, 5.74) is 14.1. The molecule has 0 aromatic rings. The molecule has 0 amide bonds. The zero-order valence-corrected chi connectivity index (χ0v) is 16.5. The van der Waals surface area contributed by atoms with E-state index in [1.807, 2.05) is 19.9 Å². The van der Waals surface area contributed by atoms with Gasteiger partial charge in [-0.15, -0.1) is 0 Å². The molecule has 3 rings (SSSR count). The predicted octanol–water partition coefficient (Wildman–Crippen LogP) is 0.483. The largest absolute Gasteiger partial charge is 0.488 e. The highest BCUT2D eigenvalue weighted by Gasteiger charge is 2.30. The molecule has 0 bridgehead atoms. The minimum atomic E-state index is -0.739. The van der Waals surface area contributed by atoms with Gasteiger partial charge in [0, 0.05) is 53.6 Å². The van der Waals surface area contributed by atoms with Crippen LogP contribution in [-0.2, 0) is 15.5 Å². The normalized spacial score (nSPS) is 28.7. The molecule has 1 aliphatic carbocycles. The van der Waals surface area contributed by atoms with Crippen LogP contribution in [0.5, 0.6) is 0 Å². The predicted molar refractivity (Wildman–Crippen MR) is 106 cm³/mol. The second-order valence-corrected chi connectivity index (χ2v) is 8.91. The van der Waals surface area contributed by atoms with Crippen molar-refractivity contribution >= 4 is 17.1 Å². The summed E-state index contributed by atoms with van der Waals surface area (Å²) in [5.74, 6) is 1.17. The van der Waals surface area contributed by atoms with Gasteiger partial charge in [-0.1, -0.05) is 0 Å². The van der Waals surface area contributed by atoms with Crippen molar-refractivity contribution in [1.82, 2.24) is 10.2 Å². The first kappa shape index (κ1) is 20.2. The number of nitrogens with one attached hydrogen (secondary N) is 1. The van der Waals surface area contributed by atoms with E-state index in [0.29, 0.717) is 11.5 Å². The number of hydrogen-bond donors (Lipinski definition) is 3. The molecule has 7 nitrogen and oxygen atoms in total. The minimum Gasteiger partial charge on any atom is -0.488 e. The lowest BCUT2D eigenvalue weighted by Gasteiger charge is -2.34. The van der Waals surface area contributed by atoms with Gasteiger partial charge in [0.05, 0.1) is 18.5 Å². The van der Waals surface area contributed by atoms with Gasteiger partial charge < -0.3 is 21.5 Å². The highest BCUT2D eigenvalue weighted by atomic mass is 32.2. The van der Waals surface area contributed by atoms with Gasteiger partial charge in [-0.25, -0.2) is 4.39 Å². The van der Waals surface area contributed by atoms with Crippen molar-refractivity contribution in [3.63, 3.8) is 0 Å². The van der Waals surface area contributed by atoms with Gasteiger partial charge in [-0.2, -0.15) is 0 Å². The molecule has 3 aliphatic rings. The molecule has 150 valence electrons. The van der Waals surface area contributed by atoms with Gasteiger partial charge in [0.1, 0.15) is 12.0 Å². The molecule has 1 saturated heterocycles. The zero-order chi connectivity index (χ0) is 19.6. The van der Waals surface area contributed by atoms with E-state index in [1.54, 1.807) is 12.4 Å². The Morgan fingerprint density at radius 2 is 2.11 bits per heavy atom. The van der Waals surface area contributed by atoms with E-state index in [1.165, 1.54) is 0 Å². The number of nitrogens with zero attached hydrogens (tertiary/aromatic N) is 2. The van der Waals surface area contributed by atoms with Crippen molar-refractivity contribution in [1.29, 1.82) is 0 Å². The Hall–Kier alpha value is -1.55. The van der Waals surface area contributed by atoms with Crippen molar-refractivity contribution in [2.75, 3.05) is 24.6 Å². The number of ether oxygens (including phenoxy) is 1. The van der Waals surface area contributed by atoms with E-state index in [9.17, 15) is 8.60 Å². The Bertz CT molecular complexity index is 709. The molecule has 2 aliphatic heterocycles. The molecule has 3 unspecified atom stereocenters. The summed E-state index contributed by atoms with van der Waals surface area (Å²) < 4.78 is 31.3. The molecule has 5 N–H and O–H groups in total. The molecule has 0 saturated carbocycles. The van der Waals surface area contributed by atoms with Crippen LogP contribution < -0.4 is 16.8 Å². The summed E-state index contributed by atoms with van der Waals surface area (Å²) in [6.07, 6.45) is 5.00. The fraction of sp³-hybridized carbons (Fsp3) is 0.611. The van der Waals surface area contributed by atoms with Gasteiger partial charge in [0.15, 0.2) is 5.76 Å². The summed E-state index contributed by atoms with van der Waals surface area (Å²) in [6.45, 7) is 5.16. The lowest BCUT2D eigenvalue weighted by molar-refractivity contribution is 0.146. The number of nitrogens with two attached hydrogens (primary N) is 2. The maximum absolute atomic E-state index is 14.2. The summed E-state index contributed by atoms with van der Waals surface area (Å²) >= 11 is 0. The quantitative estimate of drug-likeness (QED) is 0.623. The number of rotatable bonds is 5. The third kappa shape index (κ3) is 4.84. The fourth-order valence-electron chi connectivity index (χ4n) is 3.35. The third-order valence-corrected chi connectivity index (χ3v) is 6.10. The zero-order valence-electron chi connectivity index (χ0n) is 15.7. The minimum absolute atomic E-state index is 0.0737. The third-order valence-electron chi connectivity index (χ3n) is 4.82. The van der Waals surface area contributed by atoms with E-state index in [2.05, 4.69) is 15.2 Å². The highest BCUT2D eigenvalue weighted by molar-refractivity contribution is 7.85. The van der Waals surface area contributed by atoms with E-state index < -0.39 is 22.9 Å². The molecule has 0 spiro atoms. The van der Waals surface area contributed by atoms with Crippen molar-refractivity contribution in [3.8, 4) is 0 Å². The van der Waals surface area contributed by atoms with Crippen molar-refractivity contribution in [2.24, 2.45) is 16.5 Å². The molecule has 0 aromatic heterocycles. The topological polar surface area (TPSA) is 106 Å². The lowest BCUT2D eigenvalue weighted by atomic mass is 9.90.